The molecule has 1 heterocycles. The van der Waals surface area contributed by atoms with Gasteiger partial charge in [0.2, 0.25) is 0 Å². The average molecular weight is 389 g/mol. The third-order valence-electron chi connectivity index (χ3n) is 9.19. The standard InChI is InChI=1S/C22H32N2O2S/c1-20-8-5-14(25)11-13(20)3-4-15-16(20)6-9-21(2)17(15)7-10-22(21,26)18-12-27-19(23)24-18/h11-12,14-17,25-26H,3-10H2,1-2H3,(H2,23,24)/t14-,15+,16-,17-,20-,21-,22-/m0/s1. The number of aliphatic hydroxyl groups excluding tert-OH is 1. The van der Waals surface area contributed by atoms with Crippen molar-refractivity contribution in [3.8, 4) is 0 Å². The van der Waals surface area contributed by atoms with Crippen LogP contribution in [-0.4, -0.2) is 21.3 Å². The van der Waals surface area contributed by atoms with Gasteiger partial charge in [0.15, 0.2) is 5.13 Å². The summed E-state index contributed by atoms with van der Waals surface area (Å²) >= 11 is 1.44. The molecule has 5 rings (SSSR count). The summed E-state index contributed by atoms with van der Waals surface area (Å²) in [7, 11) is 0. The van der Waals surface area contributed by atoms with Gasteiger partial charge in [-0.3, -0.25) is 0 Å². The van der Waals surface area contributed by atoms with Crippen molar-refractivity contribution in [2.24, 2.45) is 28.6 Å². The highest BCUT2D eigenvalue weighted by atomic mass is 32.1. The molecule has 3 saturated carbocycles. The van der Waals surface area contributed by atoms with Crippen LogP contribution in [0.5, 0.6) is 0 Å². The van der Waals surface area contributed by atoms with E-state index in [4.69, 9.17) is 5.73 Å². The molecular formula is C22H32N2O2S. The molecule has 0 saturated heterocycles. The number of aromatic nitrogens is 1. The highest BCUT2D eigenvalue weighted by Crippen LogP contribution is 2.69. The van der Waals surface area contributed by atoms with E-state index in [2.05, 4.69) is 24.9 Å². The first-order chi connectivity index (χ1) is 12.8. The van der Waals surface area contributed by atoms with Crippen LogP contribution in [0.3, 0.4) is 0 Å². The highest BCUT2D eigenvalue weighted by Gasteiger charge is 2.65. The van der Waals surface area contributed by atoms with E-state index < -0.39 is 5.60 Å². The fourth-order valence-corrected chi connectivity index (χ4v) is 8.26. The molecule has 3 fully saturated rings. The van der Waals surface area contributed by atoms with E-state index in [0.717, 1.165) is 44.2 Å². The van der Waals surface area contributed by atoms with Gasteiger partial charge in [0.25, 0.3) is 0 Å². The van der Waals surface area contributed by atoms with E-state index in [0.29, 0.717) is 22.9 Å². The highest BCUT2D eigenvalue weighted by molar-refractivity contribution is 7.13. The van der Waals surface area contributed by atoms with Crippen molar-refractivity contribution in [2.45, 2.75) is 76.9 Å². The third kappa shape index (κ3) is 2.31. The Hall–Kier alpha value is -0.910. The van der Waals surface area contributed by atoms with Crippen molar-refractivity contribution in [3.63, 3.8) is 0 Å². The lowest BCUT2D eigenvalue weighted by Gasteiger charge is -2.59. The Labute approximate surface area is 165 Å². The van der Waals surface area contributed by atoms with Crippen LogP contribution >= 0.6 is 11.3 Å². The third-order valence-corrected chi connectivity index (χ3v) is 9.86. The Morgan fingerprint density at radius 2 is 1.89 bits per heavy atom. The van der Waals surface area contributed by atoms with E-state index in [1.807, 2.05) is 5.38 Å². The number of nitrogen functional groups attached to an aromatic ring is 1. The SMILES string of the molecule is C[C@]12CC[C@H](O)C=C1CC[C@@H]1[C@@H]2CC[C@@]2(C)[C@H]1CC[C@]2(O)c1csc(N)n1. The minimum absolute atomic E-state index is 0.111. The molecule has 27 heavy (non-hydrogen) atoms. The number of hydrogen-bond donors (Lipinski definition) is 3. The van der Waals surface area contributed by atoms with Gasteiger partial charge in [-0.25, -0.2) is 4.98 Å². The number of fused-ring (bicyclic) bond motifs is 5. The van der Waals surface area contributed by atoms with Crippen molar-refractivity contribution in [3.05, 3.63) is 22.7 Å². The minimum Gasteiger partial charge on any atom is -0.389 e. The van der Waals surface area contributed by atoms with Crippen molar-refractivity contribution in [1.82, 2.24) is 4.98 Å². The van der Waals surface area contributed by atoms with E-state index in [-0.39, 0.29) is 16.9 Å². The Bertz CT molecular complexity index is 791. The molecule has 1 aromatic heterocycles. The zero-order valence-electron chi connectivity index (χ0n) is 16.4. The van der Waals surface area contributed by atoms with Crippen molar-refractivity contribution < 1.29 is 10.2 Å². The molecule has 0 bridgehead atoms. The van der Waals surface area contributed by atoms with Crippen LogP contribution in [0.25, 0.3) is 0 Å². The molecular weight excluding hydrogens is 356 g/mol. The zero-order valence-corrected chi connectivity index (χ0v) is 17.3. The summed E-state index contributed by atoms with van der Waals surface area (Å²) < 4.78 is 0. The maximum absolute atomic E-state index is 11.8. The summed E-state index contributed by atoms with van der Waals surface area (Å²) in [5.74, 6) is 1.91. The van der Waals surface area contributed by atoms with Crippen LogP contribution in [0.4, 0.5) is 5.13 Å². The molecule has 1 aromatic rings. The molecule has 0 spiro atoms. The molecule has 0 amide bonds. The lowest BCUT2D eigenvalue weighted by Crippen LogP contribution is -2.54. The summed E-state index contributed by atoms with van der Waals surface area (Å²) in [6, 6.07) is 0. The monoisotopic (exact) mass is 388 g/mol. The number of anilines is 1. The van der Waals surface area contributed by atoms with Gasteiger partial charge in [0.1, 0.15) is 5.60 Å². The topological polar surface area (TPSA) is 79.4 Å². The normalized spacial score (nSPS) is 49.1. The molecule has 4 aliphatic carbocycles. The first-order valence-electron chi connectivity index (χ1n) is 10.6. The quantitative estimate of drug-likeness (QED) is 0.629. The molecule has 4 nitrogen and oxygen atoms in total. The van der Waals surface area contributed by atoms with Crippen LogP contribution in [0, 0.1) is 28.6 Å². The van der Waals surface area contributed by atoms with Gasteiger partial charge in [0, 0.05) is 10.8 Å². The van der Waals surface area contributed by atoms with Crippen LogP contribution in [0.2, 0.25) is 0 Å². The molecule has 4 aliphatic rings. The molecule has 148 valence electrons. The van der Waals surface area contributed by atoms with E-state index in [9.17, 15) is 10.2 Å². The lowest BCUT2D eigenvalue weighted by molar-refractivity contribution is -0.134. The summed E-state index contributed by atoms with van der Waals surface area (Å²) in [6.07, 6.45) is 10.4. The fourth-order valence-electron chi connectivity index (χ4n) is 7.62. The van der Waals surface area contributed by atoms with Gasteiger partial charge in [-0.2, -0.15) is 0 Å². The van der Waals surface area contributed by atoms with Crippen molar-refractivity contribution >= 4 is 16.5 Å². The average Bonchev–Trinajstić information content (AvgIpc) is 3.18. The molecule has 0 aromatic carbocycles. The van der Waals surface area contributed by atoms with Gasteiger partial charge >= 0.3 is 0 Å². The second-order valence-electron chi connectivity index (χ2n) is 10.1. The number of thiazole rings is 1. The predicted octanol–water partition coefficient (Wildman–Crippen LogP) is 4.24. The van der Waals surface area contributed by atoms with Gasteiger partial charge < -0.3 is 15.9 Å². The Morgan fingerprint density at radius 1 is 1.11 bits per heavy atom. The predicted molar refractivity (Wildman–Crippen MR) is 108 cm³/mol. The van der Waals surface area contributed by atoms with Gasteiger partial charge in [-0.15, -0.1) is 11.3 Å². The second kappa shape index (κ2) is 5.80. The number of nitrogens with two attached hydrogens (primary N) is 1. The van der Waals surface area contributed by atoms with E-state index >= 15 is 0 Å². The number of rotatable bonds is 1. The van der Waals surface area contributed by atoms with E-state index in [1.54, 1.807) is 0 Å². The van der Waals surface area contributed by atoms with Crippen LogP contribution in [0.15, 0.2) is 17.0 Å². The maximum Gasteiger partial charge on any atom is 0.180 e. The lowest BCUT2D eigenvalue weighted by atomic mass is 9.46. The summed E-state index contributed by atoms with van der Waals surface area (Å²) in [4.78, 5) is 4.50. The summed E-state index contributed by atoms with van der Waals surface area (Å²) in [6.45, 7) is 4.77. The van der Waals surface area contributed by atoms with E-state index in [1.165, 1.54) is 29.8 Å². The minimum atomic E-state index is -0.837. The molecule has 7 atom stereocenters. The van der Waals surface area contributed by atoms with Crippen LogP contribution in [-0.2, 0) is 5.60 Å². The zero-order chi connectivity index (χ0) is 19.0. The molecule has 4 N–H and O–H groups in total. The van der Waals surface area contributed by atoms with Crippen molar-refractivity contribution in [1.29, 1.82) is 0 Å². The Morgan fingerprint density at radius 3 is 2.63 bits per heavy atom. The number of hydrogen-bond acceptors (Lipinski definition) is 5. The molecule has 0 aliphatic heterocycles. The maximum atomic E-state index is 11.8. The molecule has 5 heteroatoms. The number of aliphatic hydroxyl groups is 2. The van der Waals surface area contributed by atoms with Gasteiger partial charge in [0.05, 0.1) is 11.8 Å². The first kappa shape index (κ1) is 18.1. The number of allylic oxidation sites excluding steroid dienone is 1. The molecule has 0 unspecified atom stereocenters. The Kier molecular flexibility index (Phi) is 3.90. The first-order valence-corrected chi connectivity index (χ1v) is 11.5. The second-order valence-corrected chi connectivity index (χ2v) is 10.9. The largest absolute Gasteiger partial charge is 0.389 e. The Balaban J connectivity index is 1.50. The smallest absolute Gasteiger partial charge is 0.180 e. The summed E-state index contributed by atoms with van der Waals surface area (Å²) in [5, 5.41) is 24.4. The number of nitrogens with zero attached hydrogens (tertiary/aromatic N) is 1. The van der Waals surface area contributed by atoms with Gasteiger partial charge in [-0.1, -0.05) is 25.5 Å². The van der Waals surface area contributed by atoms with Crippen LogP contribution < -0.4 is 5.73 Å². The summed E-state index contributed by atoms with van der Waals surface area (Å²) in [5.41, 5.74) is 7.50. The molecule has 0 radical (unpaired) electrons. The van der Waals surface area contributed by atoms with Crippen molar-refractivity contribution in [2.75, 3.05) is 5.73 Å². The van der Waals surface area contributed by atoms with Crippen LogP contribution in [0.1, 0.15) is 70.9 Å². The fraction of sp³-hybridized carbons (Fsp3) is 0.773. The van der Waals surface area contributed by atoms with Gasteiger partial charge in [-0.05, 0) is 74.5 Å².